The summed E-state index contributed by atoms with van der Waals surface area (Å²) < 4.78 is 6.67. The van der Waals surface area contributed by atoms with E-state index < -0.39 is 0 Å². The van der Waals surface area contributed by atoms with Crippen LogP contribution < -0.4 is 0 Å². The van der Waals surface area contributed by atoms with E-state index in [1.807, 2.05) is 42.5 Å². The van der Waals surface area contributed by atoms with E-state index in [9.17, 15) is 4.79 Å². The summed E-state index contributed by atoms with van der Waals surface area (Å²) in [6, 6.07) is 22.3. The molecular weight excluding hydrogens is 342 g/mol. The highest BCUT2D eigenvalue weighted by Gasteiger charge is 2.08. The van der Waals surface area contributed by atoms with E-state index in [4.69, 9.17) is 4.74 Å². The summed E-state index contributed by atoms with van der Waals surface area (Å²) in [5.74, 6) is -0.154. The number of aromatic nitrogens is 1. The summed E-state index contributed by atoms with van der Waals surface area (Å²) in [7, 11) is 0. The van der Waals surface area contributed by atoms with Crippen LogP contribution in [0, 0.1) is 0 Å². The second-order valence-electron chi connectivity index (χ2n) is 6.23. The Kier molecular flexibility index (Phi) is 4.93. The molecule has 130 valence electrons. The maximum atomic E-state index is 12.1. The zero-order chi connectivity index (χ0) is 17.8. The van der Waals surface area contributed by atoms with Crippen LogP contribution in [0.25, 0.3) is 21.0 Å². The maximum absolute atomic E-state index is 12.1. The van der Waals surface area contributed by atoms with Gasteiger partial charge in [-0.1, -0.05) is 54.6 Å². The molecule has 0 unspecified atom stereocenters. The molecular formula is C22H19NO2S. The number of thiazole rings is 1. The number of rotatable bonds is 6. The van der Waals surface area contributed by atoms with Gasteiger partial charge in [-0.15, -0.1) is 11.3 Å². The zero-order valence-corrected chi connectivity index (χ0v) is 15.2. The van der Waals surface area contributed by atoms with Crippen LogP contribution in [0.3, 0.4) is 0 Å². The standard InChI is InChI=1S/C22H19NO2S/c24-22(14-6-13-21-23-19-11-3-4-12-20(19)26-21)25-15-17-9-5-8-16-7-1-2-10-18(16)17/h1-5,7-12H,6,13-15H2. The van der Waals surface area contributed by atoms with Gasteiger partial charge < -0.3 is 4.74 Å². The van der Waals surface area contributed by atoms with Crippen molar-refractivity contribution in [1.29, 1.82) is 0 Å². The third kappa shape index (κ3) is 3.75. The third-order valence-electron chi connectivity index (χ3n) is 4.38. The van der Waals surface area contributed by atoms with E-state index in [0.29, 0.717) is 13.0 Å². The molecule has 4 rings (SSSR count). The first-order valence-electron chi connectivity index (χ1n) is 8.76. The van der Waals surface area contributed by atoms with E-state index in [-0.39, 0.29) is 5.97 Å². The summed E-state index contributed by atoms with van der Waals surface area (Å²) in [4.78, 5) is 16.7. The average molecular weight is 361 g/mol. The molecule has 0 saturated carbocycles. The molecule has 0 bridgehead atoms. The second-order valence-corrected chi connectivity index (χ2v) is 7.34. The summed E-state index contributed by atoms with van der Waals surface area (Å²) in [6.45, 7) is 0.321. The topological polar surface area (TPSA) is 39.2 Å². The number of carbonyl (C=O) groups is 1. The smallest absolute Gasteiger partial charge is 0.306 e. The minimum absolute atomic E-state index is 0.154. The number of fused-ring (bicyclic) bond motifs is 2. The predicted molar refractivity (Wildman–Crippen MR) is 106 cm³/mol. The van der Waals surface area contributed by atoms with Gasteiger partial charge in [-0.05, 0) is 41.3 Å². The molecule has 26 heavy (non-hydrogen) atoms. The van der Waals surface area contributed by atoms with Crippen molar-refractivity contribution < 1.29 is 9.53 Å². The molecule has 0 amide bonds. The highest BCUT2D eigenvalue weighted by Crippen LogP contribution is 2.23. The summed E-state index contributed by atoms with van der Waals surface area (Å²) in [5.41, 5.74) is 2.08. The van der Waals surface area contributed by atoms with Gasteiger partial charge in [-0.25, -0.2) is 4.98 Å². The van der Waals surface area contributed by atoms with Crippen molar-refractivity contribution in [3.05, 3.63) is 77.3 Å². The fourth-order valence-electron chi connectivity index (χ4n) is 3.06. The lowest BCUT2D eigenvalue weighted by Crippen LogP contribution is -2.05. The van der Waals surface area contributed by atoms with Crippen molar-refractivity contribution in [2.24, 2.45) is 0 Å². The molecule has 0 aliphatic rings. The van der Waals surface area contributed by atoms with E-state index in [2.05, 4.69) is 29.2 Å². The van der Waals surface area contributed by atoms with Crippen molar-refractivity contribution in [1.82, 2.24) is 4.98 Å². The molecule has 0 aliphatic carbocycles. The van der Waals surface area contributed by atoms with Crippen molar-refractivity contribution in [3.63, 3.8) is 0 Å². The number of hydrogen-bond donors (Lipinski definition) is 0. The van der Waals surface area contributed by atoms with Gasteiger partial charge >= 0.3 is 5.97 Å². The monoisotopic (exact) mass is 361 g/mol. The lowest BCUT2D eigenvalue weighted by atomic mass is 10.1. The first-order valence-corrected chi connectivity index (χ1v) is 9.58. The molecule has 4 heteroatoms. The molecule has 3 aromatic carbocycles. The molecule has 0 spiro atoms. The minimum Gasteiger partial charge on any atom is -0.461 e. The molecule has 0 atom stereocenters. The Morgan fingerprint density at radius 2 is 1.77 bits per heavy atom. The van der Waals surface area contributed by atoms with Crippen LogP contribution in [0.15, 0.2) is 66.7 Å². The zero-order valence-electron chi connectivity index (χ0n) is 14.4. The van der Waals surface area contributed by atoms with Crippen molar-refractivity contribution in [2.75, 3.05) is 0 Å². The second kappa shape index (κ2) is 7.67. The van der Waals surface area contributed by atoms with Crippen LogP contribution in [0.4, 0.5) is 0 Å². The molecule has 1 heterocycles. The number of ether oxygens (including phenoxy) is 1. The number of esters is 1. The summed E-state index contributed by atoms with van der Waals surface area (Å²) in [5, 5.41) is 3.38. The third-order valence-corrected chi connectivity index (χ3v) is 5.47. The minimum atomic E-state index is -0.154. The Bertz CT molecular complexity index is 1020. The number of hydrogen-bond acceptors (Lipinski definition) is 4. The van der Waals surface area contributed by atoms with Gasteiger partial charge in [-0.3, -0.25) is 4.79 Å². The Morgan fingerprint density at radius 1 is 0.962 bits per heavy atom. The summed E-state index contributed by atoms with van der Waals surface area (Å²) in [6.07, 6.45) is 1.98. The fraction of sp³-hybridized carbons (Fsp3) is 0.182. The Hall–Kier alpha value is -2.72. The van der Waals surface area contributed by atoms with Gasteiger partial charge in [0.2, 0.25) is 0 Å². The lowest BCUT2D eigenvalue weighted by Gasteiger charge is -2.08. The molecule has 0 radical (unpaired) electrons. The first kappa shape index (κ1) is 16.7. The van der Waals surface area contributed by atoms with Crippen LogP contribution in [0.5, 0.6) is 0 Å². The van der Waals surface area contributed by atoms with Crippen LogP contribution in [0.1, 0.15) is 23.4 Å². The predicted octanol–water partition coefficient (Wildman–Crippen LogP) is 5.52. The Labute approximate surface area is 156 Å². The number of nitrogens with zero attached hydrogens (tertiary/aromatic N) is 1. The summed E-state index contributed by atoms with van der Waals surface area (Å²) >= 11 is 1.70. The van der Waals surface area contributed by atoms with Crippen LogP contribution in [-0.4, -0.2) is 11.0 Å². The average Bonchev–Trinajstić information content (AvgIpc) is 3.09. The van der Waals surface area contributed by atoms with Crippen molar-refractivity contribution >= 4 is 38.3 Å². The molecule has 0 fully saturated rings. The quantitative estimate of drug-likeness (QED) is 0.425. The maximum Gasteiger partial charge on any atom is 0.306 e. The van der Waals surface area contributed by atoms with E-state index in [0.717, 1.165) is 39.7 Å². The van der Waals surface area contributed by atoms with Crippen LogP contribution in [0.2, 0.25) is 0 Å². The number of aryl methyl sites for hydroxylation is 1. The molecule has 3 nitrogen and oxygen atoms in total. The Balaban J connectivity index is 1.30. The van der Waals surface area contributed by atoms with Crippen molar-refractivity contribution in [3.8, 4) is 0 Å². The van der Waals surface area contributed by atoms with Gasteiger partial charge in [0.1, 0.15) is 6.61 Å². The van der Waals surface area contributed by atoms with Crippen LogP contribution in [-0.2, 0) is 22.6 Å². The van der Waals surface area contributed by atoms with E-state index >= 15 is 0 Å². The highest BCUT2D eigenvalue weighted by atomic mass is 32.1. The van der Waals surface area contributed by atoms with Gasteiger partial charge in [0.15, 0.2) is 0 Å². The van der Waals surface area contributed by atoms with Crippen molar-refractivity contribution in [2.45, 2.75) is 25.9 Å². The van der Waals surface area contributed by atoms with E-state index in [1.54, 1.807) is 11.3 Å². The van der Waals surface area contributed by atoms with Crippen LogP contribution >= 0.6 is 11.3 Å². The van der Waals surface area contributed by atoms with Gasteiger partial charge in [0.05, 0.1) is 15.2 Å². The molecule has 0 saturated heterocycles. The molecule has 0 N–H and O–H groups in total. The van der Waals surface area contributed by atoms with Gasteiger partial charge in [-0.2, -0.15) is 0 Å². The Morgan fingerprint density at radius 3 is 2.69 bits per heavy atom. The normalized spacial score (nSPS) is 11.1. The molecule has 4 aromatic rings. The highest BCUT2D eigenvalue weighted by molar-refractivity contribution is 7.18. The SMILES string of the molecule is O=C(CCCc1nc2ccccc2s1)OCc1cccc2ccccc12. The van der Waals surface area contributed by atoms with Gasteiger partial charge in [0.25, 0.3) is 0 Å². The molecule has 1 aromatic heterocycles. The number of benzene rings is 3. The van der Waals surface area contributed by atoms with Gasteiger partial charge in [0, 0.05) is 6.42 Å². The van der Waals surface area contributed by atoms with E-state index in [1.165, 1.54) is 4.70 Å². The number of carbonyl (C=O) groups excluding carboxylic acids is 1. The lowest BCUT2D eigenvalue weighted by molar-refractivity contribution is -0.145. The fourth-order valence-corrected chi connectivity index (χ4v) is 4.07. The number of para-hydroxylation sites is 1. The largest absolute Gasteiger partial charge is 0.461 e. The molecule has 0 aliphatic heterocycles. The first-order chi connectivity index (χ1) is 12.8.